The Bertz CT molecular complexity index is 1050. The molecule has 1 amide bonds. The van der Waals surface area contributed by atoms with Crippen LogP contribution in [0.15, 0.2) is 84.0 Å². The highest BCUT2D eigenvalue weighted by Crippen LogP contribution is 2.19. The molecule has 3 aromatic rings. The molecule has 0 spiro atoms. The number of carbonyl (C=O) groups excluding carboxylic acids is 1. The predicted octanol–water partition coefficient (Wildman–Crippen LogP) is 4.09. The molecule has 1 N–H and O–H groups in total. The number of ether oxygens (including phenoxy) is 2. The van der Waals surface area contributed by atoms with E-state index >= 15 is 0 Å². The number of carbonyl (C=O) groups is 1. The number of hydrogen-bond acceptors (Lipinski definition) is 6. The zero-order valence-electron chi connectivity index (χ0n) is 16.8. The van der Waals surface area contributed by atoms with Crippen LogP contribution in [-0.2, 0) is 11.4 Å². The standard InChI is InChI=1S/C23H21N3O5/c1-17(23(27)25-24-15-19-8-5-9-20(14-19)26(28)29)31-22-12-10-21(11-13-22)30-16-18-6-3-2-4-7-18/h2-15,17H,16H2,1H3,(H,25,27). The fourth-order valence-corrected chi connectivity index (χ4v) is 2.59. The van der Waals surface area contributed by atoms with Gasteiger partial charge in [0.25, 0.3) is 11.6 Å². The molecule has 0 aliphatic rings. The summed E-state index contributed by atoms with van der Waals surface area (Å²) < 4.78 is 11.3. The van der Waals surface area contributed by atoms with Gasteiger partial charge < -0.3 is 9.47 Å². The van der Waals surface area contributed by atoms with E-state index in [1.165, 1.54) is 18.3 Å². The number of hydrazone groups is 1. The zero-order chi connectivity index (χ0) is 22.1. The lowest BCUT2D eigenvalue weighted by Crippen LogP contribution is -2.33. The molecule has 3 aromatic carbocycles. The molecule has 8 heteroatoms. The highest BCUT2D eigenvalue weighted by molar-refractivity contribution is 5.84. The molecule has 1 atom stereocenters. The van der Waals surface area contributed by atoms with Crippen molar-refractivity contribution in [3.05, 3.63) is 100 Å². The molecule has 1 unspecified atom stereocenters. The van der Waals surface area contributed by atoms with Crippen molar-refractivity contribution >= 4 is 17.8 Å². The SMILES string of the molecule is CC(Oc1ccc(OCc2ccccc2)cc1)C(=O)NN=Cc1cccc([N+](=O)[O-])c1. The van der Waals surface area contributed by atoms with Crippen molar-refractivity contribution in [2.45, 2.75) is 19.6 Å². The van der Waals surface area contributed by atoms with Gasteiger partial charge in [-0.15, -0.1) is 0 Å². The van der Waals surface area contributed by atoms with Gasteiger partial charge in [-0.2, -0.15) is 5.10 Å². The Morgan fingerprint density at radius 3 is 2.48 bits per heavy atom. The van der Waals surface area contributed by atoms with Gasteiger partial charge in [-0.3, -0.25) is 14.9 Å². The highest BCUT2D eigenvalue weighted by atomic mass is 16.6. The molecular formula is C23H21N3O5. The molecule has 31 heavy (non-hydrogen) atoms. The second-order valence-corrected chi connectivity index (χ2v) is 6.59. The summed E-state index contributed by atoms with van der Waals surface area (Å²) >= 11 is 0. The van der Waals surface area contributed by atoms with E-state index in [-0.39, 0.29) is 5.69 Å². The van der Waals surface area contributed by atoms with E-state index in [1.54, 1.807) is 43.3 Å². The molecular weight excluding hydrogens is 398 g/mol. The van der Waals surface area contributed by atoms with E-state index in [2.05, 4.69) is 10.5 Å². The summed E-state index contributed by atoms with van der Waals surface area (Å²) in [6.45, 7) is 2.06. The first kappa shape index (κ1) is 21.5. The molecule has 3 rings (SSSR count). The maximum atomic E-state index is 12.2. The minimum absolute atomic E-state index is 0.0526. The number of nitrogens with zero attached hydrogens (tertiary/aromatic N) is 2. The summed E-state index contributed by atoms with van der Waals surface area (Å²) in [4.78, 5) is 22.4. The van der Waals surface area contributed by atoms with Gasteiger partial charge in [0.2, 0.25) is 0 Å². The number of hydrogen-bond donors (Lipinski definition) is 1. The number of nitrogens with one attached hydrogen (secondary N) is 1. The third kappa shape index (κ3) is 6.67. The number of nitro groups is 1. The van der Waals surface area contributed by atoms with Crippen LogP contribution >= 0.6 is 0 Å². The number of amides is 1. The monoisotopic (exact) mass is 419 g/mol. The summed E-state index contributed by atoms with van der Waals surface area (Å²) in [5, 5.41) is 14.6. The van der Waals surface area contributed by atoms with Gasteiger partial charge in [-0.05, 0) is 36.8 Å². The molecule has 0 saturated carbocycles. The minimum atomic E-state index is -0.793. The lowest BCUT2D eigenvalue weighted by molar-refractivity contribution is -0.384. The first-order chi connectivity index (χ1) is 15.0. The van der Waals surface area contributed by atoms with Gasteiger partial charge in [0.1, 0.15) is 18.1 Å². The van der Waals surface area contributed by atoms with Gasteiger partial charge >= 0.3 is 0 Å². The van der Waals surface area contributed by atoms with Gasteiger partial charge in [0.05, 0.1) is 11.1 Å². The van der Waals surface area contributed by atoms with Crippen LogP contribution in [0.1, 0.15) is 18.1 Å². The Morgan fingerprint density at radius 1 is 1.06 bits per heavy atom. The van der Waals surface area contributed by atoms with Crippen LogP contribution in [0.3, 0.4) is 0 Å². The van der Waals surface area contributed by atoms with Gasteiger partial charge in [-0.25, -0.2) is 5.43 Å². The molecule has 0 saturated heterocycles. The van der Waals surface area contributed by atoms with Crippen LogP contribution in [0.2, 0.25) is 0 Å². The quantitative estimate of drug-likeness (QED) is 0.320. The van der Waals surface area contributed by atoms with E-state index in [0.717, 1.165) is 5.56 Å². The first-order valence-corrected chi connectivity index (χ1v) is 9.52. The average molecular weight is 419 g/mol. The van der Waals surface area contributed by atoms with Crippen molar-refractivity contribution < 1.29 is 19.2 Å². The topological polar surface area (TPSA) is 103 Å². The van der Waals surface area contributed by atoms with Crippen LogP contribution in [0.4, 0.5) is 5.69 Å². The van der Waals surface area contributed by atoms with E-state index in [9.17, 15) is 14.9 Å². The number of rotatable bonds is 9. The van der Waals surface area contributed by atoms with Crippen LogP contribution in [-0.4, -0.2) is 23.1 Å². The Morgan fingerprint density at radius 2 is 1.77 bits per heavy atom. The van der Waals surface area contributed by atoms with Crippen LogP contribution < -0.4 is 14.9 Å². The normalized spacial score (nSPS) is 11.6. The van der Waals surface area contributed by atoms with E-state index in [0.29, 0.717) is 23.7 Å². The van der Waals surface area contributed by atoms with E-state index in [1.807, 2.05) is 30.3 Å². The van der Waals surface area contributed by atoms with Gasteiger partial charge in [0.15, 0.2) is 6.10 Å². The lowest BCUT2D eigenvalue weighted by atomic mass is 10.2. The molecule has 0 radical (unpaired) electrons. The maximum absolute atomic E-state index is 12.2. The molecule has 0 bridgehead atoms. The number of nitro benzene ring substituents is 1. The molecule has 0 aliphatic carbocycles. The maximum Gasteiger partial charge on any atom is 0.280 e. The summed E-state index contributed by atoms with van der Waals surface area (Å²) in [6.07, 6.45) is 0.537. The van der Waals surface area contributed by atoms with E-state index in [4.69, 9.17) is 9.47 Å². The average Bonchev–Trinajstić information content (AvgIpc) is 2.79. The molecule has 0 heterocycles. The Hall–Kier alpha value is -4.20. The Kier molecular flexibility index (Phi) is 7.31. The second kappa shape index (κ2) is 10.5. The predicted molar refractivity (Wildman–Crippen MR) is 116 cm³/mol. The van der Waals surface area contributed by atoms with Crippen molar-refractivity contribution in [1.82, 2.24) is 5.43 Å². The second-order valence-electron chi connectivity index (χ2n) is 6.59. The van der Waals surface area contributed by atoms with Crippen molar-refractivity contribution in [3.8, 4) is 11.5 Å². The molecule has 0 fully saturated rings. The summed E-state index contributed by atoms with van der Waals surface area (Å²) in [6, 6.07) is 22.7. The van der Waals surface area contributed by atoms with Crippen molar-refractivity contribution in [1.29, 1.82) is 0 Å². The molecule has 0 aromatic heterocycles. The van der Waals surface area contributed by atoms with Crippen molar-refractivity contribution in [2.24, 2.45) is 5.10 Å². The summed E-state index contributed by atoms with van der Waals surface area (Å²) in [5.74, 6) is 0.748. The van der Waals surface area contributed by atoms with Gasteiger partial charge in [0, 0.05) is 17.7 Å². The fraction of sp³-hybridized carbons (Fsp3) is 0.130. The largest absolute Gasteiger partial charge is 0.489 e. The minimum Gasteiger partial charge on any atom is -0.489 e. The van der Waals surface area contributed by atoms with E-state index < -0.39 is 16.9 Å². The fourth-order valence-electron chi connectivity index (χ4n) is 2.59. The number of non-ortho nitro benzene ring substituents is 1. The third-order valence-electron chi connectivity index (χ3n) is 4.22. The molecule has 8 nitrogen and oxygen atoms in total. The first-order valence-electron chi connectivity index (χ1n) is 9.52. The highest BCUT2D eigenvalue weighted by Gasteiger charge is 2.14. The van der Waals surface area contributed by atoms with Crippen molar-refractivity contribution in [3.63, 3.8) is 0 Å². The Labute approximate surface area is 179 Å². The Balaban J connectivity index is 1.47. The summed E-state index contributed by atoms with van der Waals surface area (Å²) in [5.41, 5.74) is 3.87. The lowest BCUT2D eigenvalue weighted by Gasteiger charge is -2.13. The third-order valence-corrected chi connectivity index (χ3v) is 4.22. The van der Waals surface area contributed by atoms with Crippen LogP contribution in [0, 0.1) is 10.1 Å². The number of benzene rings is 3. The zero-order valence-corrected chi connectivity index (χ0v) is 16.8. The van der Waals surface area contributed by atoms with Crippen molar-refractivity contribution in [2.75, 3.05) is 0 Å². The van der Waals surface area contributed by atoms with Gasteiger partial charge in [-0.1, -0.05) is 42.5 Å². The molecule has 158 valence electrons. The van der Waals surface area contributed by atoms with Crippen LogP contribution in [0.25, 0.3) is 0 Å². The molecule has 0 aliphatic heterocycles. The smallest absolute Gasteiger partial charge is 0.280 e. The van der Waals surface area contributed by atoms with Crippen LogP contribution in [0.5, 0.6) is 11.5 Å². The summed E-state index contributed by atoms with van der Waals surface area (Å²) in [7, 11) is 0.